The topological polar surface area (TPSA) is 61.8 Å². The van der Waals surface area contributed by atoms with E-state index in [0.29, 0.717) is 24.5 Å². The lowest BCUT2D eigenvalue weighted by atomic mass is 10.2. The fourth-order valence-electron chi connectivity index (χ4n) is 1.30. The van der Waals surface area contributed by atoms with Crippen LogP contribution in [-0.4, -0.2) is 25.8 Å². The van der Waals surface area contributed by atoms with Gasteiger partial charge in [-0.15, -0.1) is 0 Å². The van der Waals surface area contributed by atoms with Crippen LogP contribution in [-0.2, 0) is 13.6 Å². The number of aldehydes is 1. The van der Waals surface area contributed by atoms with Gasteiger partial charge in [0.1, 0.15) is 12.0 Å². The van der Waals surface area contributed by atoms with Crippen molar-refractivity contribution in [2.24, 2.45) is 0 Å². The summed E-state index contributed by atoms with van der Waals surface area (Å²) in [5.41, 5.74) is 0.556. The Hall–Kier alpha value is -1.16. The van der Waals surface area contributed by atoms with Crippen LogP contribution in [0.1, 0.15) is 24.2 Å². The van der Waals surface area contributed by atoms with Gasteiger partial charge < -0.3 is 13.8 Å². The fraction of sp³-hybridized carbons (Fsp3) is 0.417. The van der Waals surface area contributed by atoms with Gasteiger partial charge in [-0.3, -0.25) is 9.36 Å². The Morgan fingerprint density at radius 2 is 1.67 bits per heavy atom. The van der Waals surface area contributed by atoms with Gasteiger partial charge in [0.25, 0.3) is 0 Å². The van der Waals surface area contributed by atoms with Crippen molar-refractivity contribution in [3.05, 3.63) is 29.8 Å². The smallest absolute Gasteiger partial charge is 0.367 e. The molecule has 0 bridgehead atoms. The molecule has 1 aromatic carbocycles. The van der Waals surface area contributed by atoms with Crippen molar-refractivity contribution in [2.45, 2.75) is 13.8 Å². The molecule has 0 unspecified atom stereocenters. The molecule has 1 aromatic rings. The van der Waals surface area contributed by atoms with Crippen LogP contribution in [0.4, 0.5) is 0 Å². The molecule has 0 saturated carbocycles. The lowest BCUT2D eigenvalue weighted by Crippen LogP contribution is -2.05. The summed E-state index contributed by atoms with van der Waals surface area (Å²) in [7, 11) is -3.20. The third-order valence-corrected chi connectivity index (χ3v) is 3.81. The zero-order valence-corrected chi connectivity index (χ0v) is 11.4. The molecule has 100 valence electrons. The van der Waals surface area contributed by atoms with Crippen molar-refractivity contribution >= 4 is 13.9 Å². The van der Waals surface area contributed by atoms with Gasteiger partial charge in [0.15, 0.2) is 6.35 Å². The fourth-order valence-corrected chi connectivity index (χ4v) is 2.62. The highest BCUT2D eigenvalue weighted by Gasteiger charge is 2.24. The average molecular weight is 272 g/mol. The Bertz CT molecular complexity index is 405. The van der Waals surface area contributed by atoms with Crippen LogP contribution in [0.25, 0.3) is 0 Å². The summed E-state index contributed by atoms with van der Waals surface area (Å²) in [5, 5.41) is 0. The van der Waals surface area contributed by atoms with Crippen LogP contribution in [0.15, 0.2) is 24.3 Å². The van der Waals surface area contributed by atoms with E-state index in [9.17, 15) is 9.36 Å². The molecule has 6 heteroatoms. The molecule has 0 atom stereocenters. The predicted octanol–water partition coefficient (Wildman–Crippen LogP) is 3.10. The van der Waals surface area contributed by atoms with Gasteiger partial charge in [-0.1, -0.05) is 0 Å². The van der Waals surface area contributed by atoms with Crippen LogP contribution in [0.2, 0.25) is 0 Å². The van der Waals surface area contributed by atoms with Gasteiger partial charge in [-0.2, -0.15) is 0 Å². The van der Waals surface area contributed by atoms with Gasteiger partial charge in [-0.05, 0) is 38.1 Å². The van der Waals surface area contributed by atoms with E-state index < -0.39 is 7.60 Å². The van der Waals surface area contributed by atoms with Crippen molar-refractivity contribution in [1.82, 2.24) is 0 Å². The standard InChI is InChI=1S/C12H17O5P/c1-3-16-18(14,17-4-2)10-15-12-7-5-11(9-13)6-8-12/h5-9H,3-4,10H2,1-2H3. The van der Waals surface area contributed by atoms with Gasteiger partial charge in [0.05, 0.1) is 13.2 Å². The molecule has 0 heterocycles. The van der Waals surface area contributed by atoms with Crippen LogP contribution < -0.4 is 4.74 Å². The zero-order valence-electron chi connectivity index (χ0n) is 10.5. The van der Waals surface area contributed by atoms with E-state index in [2.05, 4.69) is 0 Å². The summed E-state index contributed by atoms with van der Waals surface area (Å²) < 4.78 is 27.6. The van der Waals surface area contributed by atoms with E-state index in [1.165, 1.54) is 0 Å². The van der Waals surface area contributed by atoms with Crippen LogP contribution in [0.3, 0.4) is 0 Å². The predicted molar refractivity (Wildman–Crippen MR) is 68.2 cm³/mol. The lowest BCUT2D eigenvalue weighted by molar-refractivity contribution is 0.112. The molecule has 0 radical (unpaired) electrons. The number of ether oxygens (including phenoxy) is 1. The summed E-state index contributed by atoms with van der Waals surface area (Å²) in [6.45, 7) is 4.07. The second kappa shape index (κ2) is 7.31. The third kappa shape index (κ3) is 4.61. The van der Waals surface area contributed by atoms with Crippen molar-refractivity contribution in [1.29, 1.82) is 0 Å². The number of hydrogen-bond donors (Lipinski definition) is 0. The first kappa shape index (κ1) is 14.9. The highest BCUT2D eigenvalue weighted by molar-refractivity contribution is 7.53. The number of carbonyl (C=O) groups is 1. The Labute approximate surface area is 107 Å². The van der Waals surface area contributed by atoms with Gasteiger partial charge in [0.2, 0.25) is 0 Å². The number of carbonyl (C=O) groups excluding carboxylic acids is 1. The van der Waals surface area contributed by atoms with Crippen molar-refractivity contribution in [3.63, 3.8) is 0 Å². The van der Waals surface area contributed by atoms with Gasteiger partial charge in [0, 0.05) is 5.56 Å². The van der Waals surface area contributed by atoms with Crippen molar-refractivity contribution < 1.29 is 23.1 Å². The first-order chi connectivity index (χ1) is 8.63. The van der Waals surface area contributed by atoms with E-state index in [-0.39, 0.29) is 6.35 Å². The second-order valence-corrected chi connectivity index (χ2v) is 5.40. The number of rotatable bonds is 8. The first-order valence-corrected chi connectivity index (χ1v) is 7.42. The van der Waals surface area contributed by atoms with Crippen LogP contribution in [0.5, 0.6) is 5.75 Å². The second-order valence-electron chi connectivity index (χ2n) is 3.41. The lowest BCUT2D eigenvalue weighted by Gasteiger charge is -2.17. The number of hydrogen-bond acceptors (Lipinski definition) is 5. The zero-order chi connectivity index (χ0) is 13.4. The van der Waals surface area contributed by atoms with E-state index in [4.69, 9.17) is 13.8 Å². The molecule has 0 aliphatic rings. The van der Waals surface area contributed by atoms with Gasteiger partial charge in [-0.25, -0.2) is 0 Å². The SMILES string of the molecule is CCOP(=O)(COc1ccc(C=O)cc1)OCC. The molecule has 0 aliphatic carbocycles. The summed E-state index contributed by atoms with van der Waals surface area (Å²) >= 11 is 0. The molecule has 5 nitrogen and oxygen atoms in total. The molecular weight excluding hydrogens is 255 g/mol. The molecule has 0 aromatic heterocycles. The maximum atomic E-state index is 12.1. The maximum absolute atomic E-state index is 12.1. The molecule has 18 heavy (non-hydrogen) atoms. The Kier molecular flexibility index (Phi) is 6.05. The van der Waals surface area contributed by atoms with Crippen LogP contribution in [0, 0.1) is 0 Å². The Morgan fingerprint density at radius 1 is 1.11 bits per heavy atom. The summed E-state index contributed by atoms with van der Waals surface area (Å²) in [6, 6.07) is 6.50. The molecule has 0 fully saturated rings. The van der Waals surface area contributed by atoms with E-state index >= 15 is 0 Å². The average Bonchev–Trinajstić information content (AvgIpc) is 2.38. The normalized spacial score (nSPS) is 11.2. The first-order valence-electron chi connectivity index (χ1n) is 5.69. The minimum Gasteiger partial charge on any atom is -0.481 e. The molecule has 0 N–H and O–H groups in total. The summed E-state index contributed by atoms with van der Waals surface area (Å²) in [4.78, 5) is 10.5. The summed E-state index contributed by atoms with van der Waals surface area (Å²) in [5.74, 6) is 0.514. The van der Waals surface area contributed by atoms with E-state index in [1.54, 1.807) is 38.1 Å². The van der Waals surface area contributed by atoms with E-state index in [0.717, 1.165) is 6.29 Å². The highest BCUT2D eigenvalue weighted by atomic mass is 31.2. The van der Waals surface area contributed by atoms with Gasteiger partial charge >= 0.3 is 7.60 Å². The Morgan fingerprint density at radius 3 is 2.11 bits per heavy atom. The summed E-state index contributed by atoms with van der Waals surface area (Å²) in [6.07, 6.45) is 0.601. The molecule has 0 spiro atoms. The van der Waals surface area contributed by atoms with Crippen molar-refractivity contribution in [2.75, 3.05) is 19.6 Å². The van der Waals surface area contributed by atoms with Crippen molar-refractivity contribution in [3.8, 4) is 5.75 Å². The van der Waals surface area contributed by atoms with Crippen LogP contribution >= 0.6 is 7.60 Å². The largest absolute Gasteiger partial charge is 0.481 e. The molecule has 1 rings (SSSR count). The quantitative estimate of drug-likeness (QED) is 0.537. The maximum Gasteiger partial charge on any atom is 0.367 e. The Balaban J connectivity index is 2.60. The molecule has 0 amide bonds. The molecule has 0 aliphatic heterocycles. The minimum absolute atomic E-state index is 0.144. The minimum atomic E-state index is -3.20. The third-order valence-electron chi connectivity index (χ3n) is 2.06. The molecular formula is C12H17O5P. The monoisotopic (exact) mass is 272 g/mol. The highest BCUT2D eigenvalue weighted by Crippen LogP contribution is 2.47. The molecule has 0 saturated heterocycles. The number of benzene rings is 1. The van der Waals surface area contributed by atoms with E-state index in [1.807, 2.05) is 0 Å².